The Labute approximate surface area is 174 Å². The standard InChI is InChI=1S/C19H31N3O4S2/c1-14-8-6-10-22(14)16(23)12-20-18(24)26-15(19(2,3)4)13-21(5)28(25)17-9-7-11-27-17/h7,9,11,14-15H,6,8,10,12-13H2,1-5H3,(H,20,24)/t14-,15-,28?/m1/s1. The van der Waals surface area contributed by atoms with Gasteiger partial charge in [0.05, 0.1) is 0 Å². The number of likely N-dealkylation sites (N-methyl/N-ethyl adjacent to an activating group) is 1. The molecular formula is C19H31N3O4S2. The third-order valence-corrected chi connectivity index (χ3v) is 7.42. The van der Waals surface area contributed by atoms with E-state index >= 15 is 0 Å². The summed E-state index contributed by atoms with van der Waals surface area (Å²) in [6.45, 7) is 8.89. The second-order valence-electron chi connectivity index (χ2n) is 8.18. The lowest BCUT2D eigenvalue weighted by atomic mass is 9.89. The van der Waals surface area contributed by atoms with Crippen molar-refractivity contribution >= 4 is 34.3 Å². The first-order valence-electron chi connectivity index (χ1n) is 9.50. The molecule has 1 N–H and O–H groups in total. The molecule has 0 spiro atoms. The molecule has 158 valence electrons. The number of nitrogens with one attached hydrogen (secondary N) is 1. The minimum absolute atomic E-state index is 0.0724. The number of ether oxygens (including phenoxy) is 1. The molecule has 1 saturated heterocycles. The van der Waals surface area contributed by atoms with Crippen LogP contribution in [0.4, 0.5) is 4.79 Å². The van der Waals surface area contributed by atoms with Crippen LogP contribution in [0.2, 0.25) is 0 Å². The topological polar surface area (TPSA) is 79.0 Å². The highest BCUT2D eigenvalue weighted by atomic mass is 32.2. The van der Waals surface area contributed by atoms with Crippen LogP contribution in [-0.4, -0.2) is 64.2 Å². The Hall–Kier alpha value is -1.45. The number of rotatable bonds is 7. The smallest absolute Gasteiger partial charge is 0.407 e. The molecule has 3 atom stereocenters. The molecule has 0 aromatic carbocycles. The van der Waals surface area contributed by atoms with Crippen LogP contribution in [0.1, 0.15) is 40.5 Å². The first-order valence-corrected chi connectivity index (χ1v) is 11.5. The number of alkyl carbamates (subject to hydrolysis) is 1. The van der Waals surface area contributed by atoms with Crippen LogP contribution < -0.4 is 5.32 Å². The van der Waals surface area contributed by atoms with Gasteiger partial charge in [0.1, 0.15) is 27.8 Å². The number of nitrogens with zero attached hydrogens (tertiary/aromatic N) is 2. The van der Waals surface area contributed by atoms with E-state index in [1.54, 1.807) is 16.3 Å². The summed E-state index contributed by atoms with van der Waals surface area (Å²) in [5.74, 6) is -0.0924. The van der Waals surface area contributed by atoms with E-state index in [2.05, 4.69) is 5.32 Å². The fraction of sp³-hybridized carbons (Fsp3) is 0.684. The fourth-order valence-electron chi connectivity index (χ4n) is 3.03. The van der Waals surface area contributed by atoms with Crippen LogP contribution in [0.3, 0.4) is 0 Å². The van der Waals surface area contributed by atoms with E-state index in [-0.39, 0.29) is 23.9 Å². The van der Waals surface area contributed by atoms with Gasteiger partial charge in [0.25, 0.3) is 0 Å². The lowest BCUT2D eigenvalue weighted by Gasteiger charge is -2.32. The average molecular weight is 430 g/mol. The van der Waals surface area contributed by atoms with Crippen LogP contribution in [0, 0.1) is 5.41 Å². The van der Waals surface area contributed by atoms with Gasteiger partial charge in [0, 0.05) is 31.6 Å². The molecule has 0 bridgehead atoms. The maximum Gasteiger partial charge on any atom is 0.407 e. The van der Waals surface area contributed by atoms with Gasteiger partial charge in [-0.15, -0.1) is 11.3 Å². The monoisotopic (exact) mass is 429 g/mol. The van der Waals surface area contributed by atoms with E-state index in [9.17, 15) is 13.8 Å². The molecule has 7 nitrogen and oxygen atoms in total. The van der Waals surface area contributed by atoms with Crippen LogP contribution in [0.5, 0.6) is 0 Å². The number of carbonyl (C=O) groups excluding carboxylic acids is 2. The van der Waals surface area contributed by atoms with Crippen LogP contribution in [-0.2, 0) is 20.5 Å². The Morgan fingerprint density at radius 1 is 1.46 bits per heavy atom. The highest BCUT2D eigenvalue weighted by Crippen LogP contribution is 2.25. The molecule has 9 heteroatoms. The fourth-order valence-corrected chi connectivity index (χ4v) is 5.13. The van der Waals surface area contributed by atoms with Gasteiger partial charge in [-0.3, -0.25) is 4.79 Å². The van der Waals surface area contributed by atoms with Gasteiger partial charge < -0.3 is 15.0 Å². The van der Waals surface area contributed by atoms with Crippen molar-refractivity contribution in [1.29, 1.82) is 0 Å². The van der Waals surface area contributed by atoms with E-state index in [0.29, 0.717) is 6.54 Å². The van der Waals surface area contributed by atoms with Gasteiger partial charge in [-0.1, -0.05) is 26.8 Å². The third kappa shape index (κ3) is 6.28. The van der Waals surface area contributed by atoms with Crippen LogP contribution in [0.15, 0.2) is 21.7 Å². The molecule has 1 aromatic heterocycles. The summed E-state index contributed by atoms with van der Waals surface area (Å²) in [6.07, 6.45) is 0.880. The molecule has 0 saturated carbocycles. The Morgan fingerprint density at radius 3 is 2.71 bits per heavy atom. The van der Waals surface area contributed by atoms with Crippen molar-refractivity contribution < 1.29 is 18.5 Å². The zero-order valence-electron chi connectivity index (χ0n) is 17.3. The van der Waals surface area contributed by atoms with Gasteiger partial charge in [-0.25, -0.2) is 13.3 Å². The van der Waals surface area contributed by atoms with Crippen molar-refractivity contribution in [3.05, 3.63) is 17.5 Å². The zero-order chi connectivity index (χ0) is 20.9. The summed E-state index contributed by atoms with van der Waals surface area (Å²) < 4.78 is 20.6. The Kier molecular flexibility index (Phi) is 8.03. The molecule has 2 heterocycles. The van der Waals surface area contributed by atoms with Crippen molar-refractivity contribution in [3.63, 3.8) is 0 Å². The Balaban J connectivity index is 1.89. The SMILES string of the molecule is C[C@@H]1CCCN1C(=O)CNC(=O)O[C@H](CN(C)S(=O)c1cccs1)C(C)(C)C. The number of carbonyl (C=O) groups is 2. The van der Waals surface area contributed by atoms with E-state index < -0.39 is 23.2 Å². The van der Waals surface area contributed by atoms with E-state index in [1.807, 2.05) is 45.2 Å². The molecule has 1 aliphatic heterocycles. The van der Waals surface area contributed by atoms with Crippen LogP contribution >= 0.6 is 11.3 Å². The highest BCUT2D eigenvalue weighted by molar-refractivity contribution is 7.85. The van der Waals surface area contributed by atoms with Gasteiger partial charge in [-0.05, 0) is 31.2 Å². The molecule has 1 aliphatic rings. The summed E-state index contributed by atoms with van der Waals surface area (Å²) in [6, 6.07) is 3.89. The van der Waals surface area contributed by atoms with Gasteiger partial charge in [0.15, 0.2) is 0 Å². The van der Waals surface area contributed by atoms with Crippen molar-refractivity contribution in [2.75, 3.05) is 26.7 Å². The predicted molar refractivity (Wildman–Crippen MR) is 111 cm³/mol. The first-order chi connectivity index (χ1) is 13.1. The number of hydrogen-bond donors (Lipinski definition) is 1. The van der Waals surface area contributed by atoms with Gasteiger partial charge in [0.2, 0.25) is 5.91 Å². The van der Waals surface area contributed by atoms with Crippen molar-refractivity contribution in [2.45, 2.75) is 56.9 Å². The molecule has 2 rings (SSSR count). The second-order valence-corrected chi connectivity index (χ2v) is 11.0. The van der Waals surface area contributed by atoms with Crippen molar-refractivity contribution in [2.24, 2.45) is 5.41 Å². The number of hydrogen-bond acceptors (Lipinski definition) is 5. The predicted octanol–water partition coefficient (Wildman–Crippen LogP) is 2.85. The second kappa shape index (κ2) is 9.84. The first kappa shape index (κ1) is 22.8. The minimum atomic E-state index is -1.30. The minimum Gasteiger partial charge on any atom is -0.444 e. The number of likely N-dealkylation sites (tertiary alicyclic amines) is 1. The van der Waals surface area contributed by atoms with Gasteiger partial charge in [-0.2, -0.15) is 0 Å². The van der Waals surface area contributed by atoms with Crippen molar-refractivity contribution in [1.82, 2.24) is 14.5 Å². The quantitative estimate of drug-likeness (QED) is 0.723. The lowest BCUT2D eigenvalue weighted by Crippen LogP contribution is -2.46. The lowest BCUT2D eigenvalue weighted by molar-refractivity contribution is -0.130. The third-order valence-electron chi connectivity index (χ3n) is 4.85. The van der Waals surface area contributed by atoms with Gasteiger partial charge >= 0.3 is 6.09 Å². The largest absolute Gasteiger partial charge is 0.444 e. The van der Waals surface area contributed by atoms with Crippen molar-refractivity contribution in [3.8, 4) is 0 Å². The average Bonchev–Trinajstić information content (AvgIpc) is 3.29. The van der Waals surface area contributed by atoms with E-state index in [1.165, 1.54) is 11.3 Å². The molecule has 0 aliphatic carbocycles. The van der Waals surface area contributed by atoms with E-state index in [4.69, 9.17) is 4.74 Å². The zero-order valence-corrected chi connectivity index (χ0v) is 18.9. The summed E-state index contributed by atoms with van der Waals surface area (Å²) in [4.78, 5) is 26.3. The highest BCUT2D eigenvalue weighted by Gasteiger charge is 2.32. The normalized spacial score (nSPS) is 19.5. The summed E-state index contributed by atoms with van der Waals surface area (Å²) >= 11 is 1.43. The number of thiophene rings is 1. The molecule has 1 aromatic rings. The molecule has 0 radical (unpaired) electrons. The Morgan fingerprint density at radius 2 is 2.18 bits per heavy atom. The number of amides is 2. The molecule has 1 unspecified atom stereocenters. The molecule has 2 amide bonds. The van der Waals surface area contributed by atoms with E-state index in [0.717, 1.165) is 23.6 Å². The maximum atomic E-state index is 12.6. The maximum absolute atomic E-state index is 12.6. The summed E-state index contributed by atoms with van der Waals surface area (Å²) in [7, 11) is 0.439. The summed E-state index contributed by atoms with van der Waals surface area (Å²) in [5, 5.41) is 4.45. The summed E-state index contributed by atoms with van der Waals surface area (Å²) in [5.41, 5.74) is -0.348. The Bertz CT molecular complexity index is 688. The molecular weight excluding hydrogens is 398 g/mol. The molecule has 1 fully saturated rings. The van der Waals surface area contributed by atoms with Crippen LogP contribution in [0.25, 0.3) is 0 Å². The molecule has 28 heavy (non-hydrogen) atoms.